The maximum Gasteiger partial charge on any atom is 0.0716 e. The van der Waals surface area contributed by atoms with Gasteiger partial charge in [-0.2, -0.15) is 0 Å². The summed E-state index contributed by atoms with van der Waals surface area (Å²) >= 11 is 0. The summed E-state index contributed by atoms with van der Waals surface area (Å²) in [7, 11) is 0. The molecule has 0 N–H and O–H groups in total. The molecule has 2 heteroatoms. The van der Waals surface area contributed by atoms with Gasteiger partial charge in [-0.3, -0.25) is 0 Å². The van der Waals surface area contributed by atoms with Crippen LogP contribution in [0.3, 0.4) is 0 Å². The molecule has 0 aliphatic carbocycles. The summed E-state index contributed by atoms with van der Waals surface area (Å²) in [4.78, 5) is 5.39. The van der Waals surface area contributed by atoms with Crippen LogP contribution in [0.25, 0.3) is 104 Å². The van der Waals surface area contributed by atoms with Crippen molar-refractivity contribution in [3.63, 3.8) is 0 Å². The summed E-state index contributed by atoms with van der Waals surface area (Å²) in [5.41, 5.74) is 9.89. The van der Waals surface area contributed by atoms with Crippen molar-refractivity contribution in [2.75, 3.05) is 0 Å². The lowest BCUT2D eigenvalue weighted by Crippen LogP contribution is -1.96. The van der Waals surface area contributed by atoms with Crippen LogP contribution >= 0.6 is 0 Å². The molecule has 53 heavy (non-hydrogen) atoms. The predicted molar refractivity (Wildman–Crippen MR) is 225 cm³/mol. The van der Waals surface area contributed by atoms with Crippen LogP contribution in [-0.4, -0.2) is 9.55 Å². The summed E-state index contributed by atoms with van der Waals surface area (Å²) in [6, 6.07) is 70.5. The number of rotatable bonds is 4. The van der Waals surface area contributed by atoms with Crippen molar-refractivity contribution in [1.82, 2.24) is 9.55 Å². The molecule has 0 radical (unpaired) electrons. The summed E-state index contributed by atoms with van der Waals surface area (Å²) in [5, 5.41) is 12.5. The Labute approximate surface area is 306 Å². The van der Waals surface area contributed by atoms with Crippen molar-refractivity contribution >= 4 is 64.9 Å². The van der Waals surface area contributed by atoms with Crippen LogP contribution in [0.4, 0.5) is 0 Å². The quantitative estimate of drug-likeness (QED) is 0.182. The molecule has 0 unspecified atom stereocenters. The normalized spacial score (nSPS) is 11.8. The van der Waals surface area contributed by atoms with Gasteiger partial charge in [0.1, 0.15) is 0 Å². The standard InChI is InChI=1S/C51H32N2/c1-3-14-37-28-39(22-20-33(37)10-1)42-31-46(52-47(32-42)41-23-21-34-11-2-4-15-38(34)29-41)40-16-9-17-43(30-40)53-48-26-24-35-12-5-7-18-44(35)50(48)51-45-19-8-6-13-36(45)25-27-49(51)53/h1-32H. The van der Waals surface area contributed by atoms with Crippen LogP contribution < -0.4 is 0 Å². The average molecular weight is 673 g/mol. The fourth-order valence-corrected chi connectivity index (χ4v) is 8.34. The van der Waals surface area contributed by atoms with Crippen molar-refractivity contribution in [2.45, 2.75) is 0 Å². The van der Waals surface area contributed by atoms with Crippen molar-refractivity contribution < 1.29 is 0 Å². The number of fused-ring (bicyclic) bond motifs is 9. The first kappa shape index (κ1) is 29.7. The molecule has 246 valence electrons. The molecular weight excluding hydrogens is 641 g/mol. The molecule has 2 nitrogen and oxygen atoms in total. The van der Waals surface area contributed by atoms with E-state index in [0.717, 1.165) is 33.8 Å². The van der Waals surface area contributed by atoms with Crippen molar-refractivity contribution in [3.8, 4) is 39.3 Å². The molecule has 0 bridgehead atoms. The lowest BCUT2D eigenvalue weighted by atomic mass is 9.97. The van der Waals surface area contributed by atoms with Crippen molar-refractivity contribution in [2.24, 2.45) is 0 Å². The number of benzene rings is 9. The lowest BCUT2D eigenvalue weighted by Gasteiger charge is -2.14. The van der Waals surface area contributed by atoms with Gasteiger partial charge in [0, 0.05) is 27.6 Å². The molecule has 0 spiro atoms. The van der Waals surface area contributed by atoms with Gasteiger partial charge in [0.15, 0.2) is 0 Å². The zero-order valence-electron chi connectivity index (χ0n) is 28.9. The molecule has 11 aromatic rings. The van der Waals surface area contributed by atoms with Crippen LogP contribution in [0.5, 0.6) is 0 Å². The second kappa shape index (κ2) is 11.8. The van der Waals surface area contributed by atoms with Gasteiger partial charge < -0.3 is 4.57 Å². The Morgan fingerprint density at radius 3 is 1.38 bits per heavy atom. The Morgan fingerprint density at radius 2 is 0.774 bits per heavy atom. The molecule has 0 saturated carbocycles. The molecule has 0 amide bonds. The van der Waals surface area contributed by atoms with Crippen molar-refractivity contribution in [3.05, 3.63) is 194 Å². The van der Waals surface area contributed by atoms with E-state index in [9.17, 15) is 0 Å². The Morgan fingerprint density at radius 1 is 0.302 bits per heavy atom. The maximum atomic E-state index is 5.39. The second-order valence-electron chi connectivity index (χ2n) is 14.0. The number of hydrogen-bond donors (Lipinski definition) is 0. The molecule has 11 rings (SSSR count). The summed E-state index contributed by atoms with van der Waals surface area (Å²) in [6.45, 7) is 0. The lowest BCUT2D eigenvalue weighted by molar-refractivity contribution is 1.18. The average Bonchev–Trinajstić information content (AvgIpc) is 3.59. The number of pyridine rings is 1. The third-order valence-corrected chi connectivity index (χ3v) is 10.9. The van der Waals surface area contributed by atoms with Crippen LogP contribution in [0.15, 0.2) is 194 Å². The minimum Gasteiger partial charge on any atom is -0.309 e. The van der Waals surface area contributed by atoms with E-state index in [1.54, 1.807) is 0 Å². The Hall–Kier alpha value is -7.03. The van der Waals surface area contributed by atoms with E-state index in [2.05, 4.69) is 199 Å². The van der Waals surface area contributed by atoms with Gasteiger partial charge >= 0.3 is 0 Å². The number of aromatic nitrogens is 2. The van der Waals surface area contributed by atoms with E-state index in [0.29, 0.717) is 0 Å². The first-order valence-corrected chi connectivity index (χ1v) is 18.2. The predicted octanol–water partition coefficient (Wildman–Crippen LogP) is 13.8. The van der Waals surface area contributed by atoms with Crippen LogP contribution in [0, 0.1) is 0 Å². The molecular formula is C51H32N2. The van der Waals surface area contributed by atoms with Crippen LogP contribution in [-0.2, 0) is 0 Å². The van der Waals surface area contributed by atoms with Gasteiger partial charge in [0.05, 0.1) is 22.4 Å². The second-order valence-corrected chi connectivity index (χ2v) is 14.0. The first-order chi connectivity index (χ1) is 26.2. The monoisotopic (exact) mass is 672 g/mol. The van der Waals surface area contributed by atoms with E-state index >= 15 is 0 Å². The largest absolute Gasteiger partial charge is 0.309 e. The molecule has 0 atom stereocenters. The van der Waals surface area contributed by atoms with Gasteiger partial charge in [0.25, 0.3) is 0 Å². The van der Waals surface area contributed by atoms with Crippen LogP contribution in [0.2, 0.25) is 0 Å². The zero-order valence-corrected chi connectivity index (χ0v) is 28.9. The van der Waals surface area contributed by atoms with Gasteiger partial charge in [0.2, 0.25) is 0 Å². The highest BCUT2D eigenvalue weighted by Crippen LogP contribution is 2.41. The smallest absolute Gasteiger partial charge is 0.0716 e. The van der Waals surface area contributed by atoms with Crippen molar-refractivity contribution in [1.29, 1.82) is 0 Å². The summed E-state index contributed by atoms with van der Waals surface area (Å²) in [5.74, 6) is 0. The van der Waals surface area contributed by atoms with Crippen LogP contribution in [0.1, 0.15) is 0 Å². The van der Waals surface area contributed by atoms with E-state index in [1.165, 1.54) is 70.5 Å². The third-order valence-electron chi connectivity index (χ3n) is 10.9. The summed E-state index contributed by atoms with van der Waals surface area (Å²) in [6.07, 6.45) is 0. The topological polar surface area (TPSA) is 17.8 Å². The Bertz CT molecular complexity index is 3050. The highest BCUT2D eigenvalue weighted by Gasteiger charge is 2.18. The van der Waals surface area contributed by atoms with Gasteiger partial charge in [-0.15, -0.1) is 0 Å². The molecule has 0 aliphatic rings. The number of hydrogen-bond acceptors (Lipinski definition) is 1. The van der Waals surface area contributed by atoms with Gasteiger partial charge in [-0.1, -0.05) is 146 Å². The molecule has 0 fully saturated rings. The molecule has 9 aromatic carbocycles. The zero-order chi connectivity index (χ0) is 34.9. The molecule has 0 saturated heterocycles. The highest BCUT2D eigenvalue weighted by molar-refractivity contribution is 6.28. The fraction of sp³-hybridized carbons (Fsp3) is 0. The van der Waals surface area contributed by atoms with Gasteiger partial charge in [-0.25, -0.2) is 4.98 Å². The minimum atomic E-state index is 0.942. The van der Waals surface area contributed by atoms with Gasteiger partial charge in [-0.05, 0) is 103 Å². The Balaban J connectivity index is 1.15. The molecule has 2 heterocycles. The Kier molecular flexibility index (Phi) is 6.59. The first-order valence-electron chi connectivity index (χ1n) is 18.2. The molecule has 0 aliphatic heterocycles. The van der Waals surface area contributed by atoms with E-state index < -0.39 is 0 Å². The fourth-order valence-electron chi connectivity index (χ4n) is 8.34. The summed E-state index contributed by atoms with van der Waals surface area (Å²) < 4.78 is 2.43. The number of nitrogens with zero attached hydrogens (tertiary/aromatic N) is 2. The van der Waals surface area contributed by atoms with E-state index in [-0.39, 0.29) is 0 Å². The van der Waals surface area contributed by atoms with E-state index in [1.807, 2.05) is 0 Å². The minimum absolute atomic E-state index is 0.942. The molecule has 2 aromatic heterocycles. The third kappa shape index (κ3) is 4.84. The van der Waals surface area contributed by atoms with E-state index in [4.69, 9.17) is 4.98 Å². The maximum absolute atomic E-state index is 5.39. The SMILES string of the molecule is c1cc(-c2cc(-c3ccc4ccccc4c3)cc(-c3ccc4ccccc4c3)n2)cc(-n2c3ccc4ccccc4c3c3c4ccccc4ccc32)c1. The highest BCUT2D eigenvalue weighted by atomic mass is 15.0.